The zero-order valence-corrected chi connectivity index (χ0v) is 10.4. The molecule has 1 amide bonds. The molecule has 2 unspecified atom stereocenters. The Kier molecular flexibility index (Phi) is 2.78. The number of carbonyl (C=O) groups excluding carboxylic acids is 1. The quantitative estimate of drug-likeness (QED) is 0.613. The summed E-state index contributed by atoms with van der Waals surface area (Å²) in [5.74, 6) is -0.275. The number of nitrogens with one attached hydrogen (secondary N) is 2. The Morgan fingerprint density at radius 1 is 1.21 bits per heavy atom. The van der Waals surface area contributed by atoms with E-state index in [1.807, 2.05) is 0 Å². The molecule has 7 nitrogen and oxygen atoms in total. The van der Waals surface area contributed by atoms with E-state index in [1.54, 1.807) is 4.90 Å². The number of H-pyrrole nitrogens is 2. The molecule has 19 heavy (non-hydrogen) atoms. The van der Waals surface area contributed by atoms with Gasteiger partial charge in [-0.15, -0.1) is 0 Å². The third-order valence-electron chi connectivity index (χ3n) is 3.99. The number of piperidine rings is 1. The molecule has 2 saturated heterocycles. The molecular formula is C12H16N4O3. The lowest BCUT2D eigenvalue weighted by atomic mass is 9.98. The number of hydrogen-bond acceptors (Lipinski definition) is 4. The van der Waals surface area contributed by atoms with Crippen LogP contribution in [0, 0.1) is 0 Å². The van der Waals surface area contributed by atoms with Crippen LogP contribution in [0.2, 0.25) is 0 Å². The van der Waals surface area contributed by atoms with E-state index in [9.17, 15) is 14.4 Å². The van der Waals surface area contributed by atoms with Crippen molar-refractivity contribution in [3.63, 3.8) is 0 Å². The number of rotatable bonds is 1. The van der Waals surface area contributed by atoms with Gasteiger partial charge in [-0.1, -0.05) is 0 Å². The Balaban J connectivity index is 1.92. The minimum atomic E-state index is -0.656. The van der Waals surface area contributed by atoms with Gasteiger partial charge in [-0.3, -0.25) is 14.6 Å². The van der Waals surface area contributed by atoms with Crippen molar-refractivity contribution < 1.29 is 4.79 Å². The van der Waals surface area contributed by atoms with E-state index in [4.69, 9.17) is 5.73 Å². The third-order valence-corrected chi connectivity index (χ3v) is 3.99. The van der Waals surface area contributed by atoms with Gasteiger partial charge in [0.25, 0.3) is 11.5 Å². The van der Waals surface area contributed by atoms with Crippen LogP contribution in [0.4, 0.5) is 0 Å². The van der Waals surface area contributed by atoms with Gasteiger partial charge >= 0.3 is 5.69 Å². The van der Waals surface area contributed by atoms with Crippen LogP contribution in [0.5, 0.6) is 0 Å². The van der Waals surface area contributed by atoms with E-state index in [0.29, 0.717) is 0 Å². The van der Waals surface area contributed by atoms with Crippen LogP contribution < -0.4 is 17.0 Å². The summed E-state index contributed by atoms with van der Waals surface area (Å²) in [5.41, 5.74) is 4.79. The molecule has 2 aliphatic rings. The molecule has 4 N–H and O–H groups in total. The first-order valence-corrected chi connectivity index (χ1v) is 6.46. The number of amides is 1. The highest BCUT2D eigenvalue weighted by molar-refractivity contribution is 5.92. The molecule has 0 radical (unpaired) electrons. The zero-order valence-electron chi connectivity index (χ0n) is 10.4. The summed E-state index contributed by atoms with van der Waals surface area (Å²) in [6.07, 6.45) is 3.46. The van der Waals surface area contributed by atoms with Crippen molar-refractivity contribution >= 4 is 5.91 Å². The average Bonchev–Trinajstić information content (AvgIpc) is 2.59. The van der Waals surface area contributed by atoms with E-state index in [1.165, 1.54) is 0 Å². The van der Waals surface area contributed by atoms with Crippen molar-refractivity contribution in [1.29, 1.82) is 0 Å². The molecule has 7 heteroatoms. The molecule has 2 aliphatic heterocycles. The van der Waals surface area contributed by atoms with Crippen LogP contribution in [0.3, 0.4) is 0 Å². The SMILES string of the molecule is NC1CC2CCC(C1)N2C(=O)c1cc(=O)[nH]c(=O)[nH]1. The van der Waals surface area contributed by atoms with Gasteiger partial charge in [-0.05, 0) is 25.7 Å². The molecule has 102 valence electrons. The third kappa shape index (κ3) is 2.10. The molecule has 2 atom stereocenters. The number of nitrogens with two attached hydrogens (primary N) is 1. The Labute approximate surface area is 108 Å². The first kappa shape index (κ1) is 12.2. The maximum absolute atomic E-state index is 12.4. The highest BCUT2D eigenvalue weighted by Crippen LogP contribution is 2.35. The number of fused-ring (bicyclic) bond motifs is 2. The lowest BCUT2D eigenvalue weighted by Crippen LogP contribution is -2.50. The predicted octanol–water partition coefficient (Wildman–Crippen LogP) is -0.842. The molecule has 1 aromatic rings. The molecule has 3 heterocycles. The van der Waals surface area contributed by atoms with E-state index >= 15 is 0 Å². The zero-order chi connectivity index (χ0) is 13.6. The van der Waals surface area contributed by atoms with E-state index in [2.05, 4.69) is 9.97 Å². The van der Waals surface area contributed by atoms with Gasteiger partial charge in [-0.2, -0.15) is 0 Å². The highest BCUT2D eigenvalue weighted by Gasteiger charge is 2.42. The second-order valence-electron chi connectivity index (χ2n) is 5.33. The first-order valence-electron chi connectivity index (χ1n) is 6.46. The molecule has 2 fully saturated rings. The second kappa shape index (κ2) is 4.34. The topological polar surface area (TPSA) is 112 Å². The number of nitrogens with zero attached hydrogens (tertiary/aromatic N) is 1. The minimum Gasteiger partial charge on any atom is -0.331 e. The van der Waals surface area contributed by atoms with Crippen molar-refractivity contribution in [1.82, 2.24) is 14.9 Å². The predicted molar refractivity (Wildman–Crippen MR) is 67.9 cm³/mol. The lowest BCUT2D eigenvalue weighted by Gasteiger charge is -2.37. The van der Waals surface area contributed by atoms with Gasteiger partial charge in [0.2, 0.25) is 0 Å². The van der Waals surface area contributed by atoms with Gasteiger partial charge in [0, 0.05) is 24.2 Å². The van der Waals surface area contributed by atoms with Gasteiger partial charge in [-0.25, -0.2) is 4.79 Å². The average molecular weight is 264 g/mol. The summed E-state index contributed by atoms with van der Waals surface area (Å²) in [6, 6.07) is 1.53. The van der Waals surface area contributed by atoms with Crippen molar-refractivity contribution in [2.24, 2.45) is 5.73 Å². The Morgan fingerprint density at radius 3 is 2.42 bits per heavy atom. The normalized spacial score (nSPS) is 29.5. The van der Waals surface area contributed by atoms with Crippen molar-refractivity contribution in [2.45, 2.75) is 43.8 Å². The molecule has 3 rings (SSSR count). The maximum atomic E-state index is 12.4. The van der Waals surface area contributed by atoms with E-state index in [-0.39, 0.29) is 29.7 Å². The van der Waals surface area contributed by atoms with Crippen molar-refractivity contribution in [3.8, 4) is 0 Å². The maximum Gasteiger partial charge on any atom is 0.326 e. The highest BCUT2D eigenvalue weighted by atomic mass is 16.2. The lowest BCUT2D eigenvalue weighted by molar-refractivity contribution is 0.0568. The molecule has 0 saturated carbocycles. The fraction of sp³-hybridized carbons (Fsp3) is 0.583. The standard InChI is InChI=1S/C12H16N4O3/c13-6-3-7-1-2-8(4-6)16(7)11(18)9-5-10(17)15-12(19)14-9/h5-8H,1-4,13H2,(H2,14,15,17,19). The monoisotopic (exact) mass is 264 g/mol. The van der Waals surface area contributed by atoms with Crippen LogP contribution in [0.1, 0.15) is 36.2 Å². The molecule has 1 aromatic heterocycles. The number of aromatic amines is 2. The fourth-order valence-electron chi connectivity index (χ4n) is 3.27. The van der Waals surface area contributed by atoms with Crippen LogP contribution in [-0.2, 0) is 0 Å². The minimum absolute atomic E-state index is 0.0566. The number of aromatic nitrogens is 2. The Hall–Kier alpha value is -1.89. The number of hydrogen-bond donors (Lipinski definition) is 3. The summed E-state index contributed by atoms with van der Waals surface area (Å²) in [5, 5.41) is 0. The molecule has 0 spiro atoms. The Bertz CT molecular complexity index is 578. The van der Waals surface area contributed by atoms with Crippen molar-refractivity contribution in [3.05, 3.63) is 32.6 Å². The van der Waals surface area contributed by atoms with E-state index in [0.717, 1.165) is 31.7 Å². The van der Waals surface area contributed by atoms with Gasteiger partial charge in [0.05, 0.1) is 0 Å². The summed E-state index contributed by atoms with van der Waals surface area (Å²) in [4.78, 5) is 41.2. The number of carbonyl (C=O) groups is 1. The van der Waals surface area contributed by atoms with Gasteiger partial charge in [0.15, 0.2) is 0 Å². The van der Waals surface area contributed by atoms with Gasteiger partial charge < -0.3 is 15.6 Å². The van der Waals surface area contributed by atoms with Crippen LogP contribution >= 0.6 is 0 Å². The van der Waals surface area contributed by atoms with Crippen LogP contribution in [-0.4, -0.2) is 38.9 Å². The summed E-state index contributed by atoms with van der Waals surface area (Å²) in [7, 11) is 0. The molecule has 2 bridgehead atoms. The second-order valence-corrected chi connectivity index (χ2v) is 5.33. The Morgan fingerprint density at radius 2 is 1.84 bits per heavy atom. The van der Waals surface area contributed by atoms with Crippen molar-refractivity contribution in [2.75, 3.05) is 0 Å². The summed E-state index contributed by atoms with van der Waals surface area (Å²) < 4.78 is 0. The van der Waals surface area contributed by atoms with E-state index < -0.39 is 11.2 Å². The summed E-state index contributed by atoms with van der Waals surface area (Å²) >= 11 is 0. The largest absolute Gasteiger partial charge is 0.331 e. The fourth-order valence-corrected chi connectivity index (χ4v) is 3.27. The molecule has 0 aliphatic carbocycles. The summed E-state index contributed by atoms with van der Waals surface area (Å²) in [6.45, 7) is 0. The van der Waals surface area contributed by atoms with Crippen LogP contribution in [0.25, 0.3) is 0 Å². The van der Waals surface area contributed by atoms with Gasteiger partial charge in [0.1, 0.15) is 5.69 Å². The smallest absolute Gasteiger partial charge is 0.326 e. The molecular weight excluding hydrogens is 248 g/mol. The molecule has 0 aromatic carbocycles. The first-order chi connectivity index (χ1) is 9.04. The van der Waals surface area contributed by atoms with Crippen LogP contribution in [0.15, 0.2) is 15.7 Å².